The van der Waals surface area contributed by atoms with Gasteiger partial charge in [-0.3, -0.25) is 44.0 Å². The number of fused-ring (bicyclic) bond motifs is 1. The standard InChI is InChI=1S/C54H69ClN10O14/c1-6-14-32-22-42-54(73)79-30(5)46(61-49(68)38(24-35-26-41(35)65(77)78)57-50(69)39-19-20-43(55)63(39)74)52(71)60-45(29(4)33-17-12-9-13-18-33)51(70)58-37(23-34-25-40(34)64(75)76)47(66)56-36(21-31-15-10-8-11-16-31)48(67)59-44(28(3)7-2)53(72)62(42)27-32/h6,8-20,28-30,32,34-38,40-42,44-46,74-75,77H,7,21-27H2,1-5H3,(H,56,66)(H,57,69)(H,58,70)(H,59,67)(H,60,71)(H,61,68)/q-2/b14-6-/t28-,29+,30+,32-,34+,35+,36-,37+,38-,40+,41+,42-,44?,45-,46+/m0/s1. The molecule has 0 bridgehead atoms. The number of benzene rings is 2. The van der Waals surface area contributed by atoms with E-state index in [4.69, 9.17) is 16.3 Å². The second-order valence-corrected chi connectivity index (χ2v) is 21.5. The molecule has 4 aliphatic rings. The lowest BCUT2D eigenvalue weighted by molar-refractivity contribution is -0.161. The zero-order chi connectivity index (χ0) is 57.4. The van der Waals surface area contributed by atoms with Crippen molar-refractivity contribution in [3.63, 3.8) is 0 Å². The summed E-state index contributed by atoms with van der Waals surface area (Å²) in [6.45, 7) is 8.24. The fourth-order valence-corrected chi connectivity index (χ4v) is 10.6. The van der Waals surface area contributed by atoms with Crippen LogP contribution in [0.4, 0.5) is 0 Å². The molecule has 3 aromatic rings. The monoisotopic (exact) mass is 1120 g/mol. The van der Waals surface area contributed by atoms with Crippen LogP contribution in [-0.2, 0) is 44.7 Å². The van der Waals surface area contributed by atoms with Gasteiger partial charge in [0.15, 0.2) is 0 Å². The summed E-state index contributed by atoms with van der Waals surface area (Å²) in [5.74, 6) is -10.5. The van der Waals surface area contributed by atoms with Crippen LogP contribution in [0, 0.1) is 34.1 Å². The predicted octanol–water partition coefficient (Wildman–Crippen LogP) is 2.67. The number of hydrogen-bond donors (Lipinski definition) is 9. The van der Waals surface area contributed by atoms with Gasteiger partial charge in [-0.1, -0.05) is 112 Å². The van der Waals surface area contributed by atoms with Gasteiger partial charge in [0.25, 0.3) is 5.91 Å². The molecule has 1 aromatic heterocycles. The maximum Gasteiger partial charge on any atom is 0.329 e. The van der Waals surface area contributed by atoms with Crippen molar-refractivity contribution in [3.05, 3.63) is 117 Å². The highest BCUT2D eigenvalue weighted by atomic mass is 35.5. The highest BCUT2D eigenvalue weighted by Gasteiger charge is 2.48. The van der Waals surface area contributed by atoms with E-state index in [0.29, 0.717) is 22.3 Å². The molecule has 9 N–H and O–H groups in total. The minimum atomic E-state index is -1.90. The second-order valence-electron chi connectivity index (χ2n) is 21.1. The Kier molecular flexibility index (Phi) is 19.9. The van der Waals surface area contributed by atoms with Crippen molar-refractivity contribution in [2.75, 3.05) is 6.54 Å². The second kappa shape index (κ2) is 26.4. The number of cyclic esters (lactones) is 1. The average molecular weight is 1120 g/mol. The zero-order valence-corrected chi connectivity index (χ0v) is 45.2. The molecule has 0 radical (unpaired) electrons. The molecule has 2 saturated heterocycles. The SMILES string of the molecule is C/C=C\[C@H]1C[C@H]2C(=O)O[C@H](C)[C@@H](NC(=O)[C@H](C[C@@H]3C[C@H]3N([O-])O)NC(=O)c3ccc(Cl)n3O)C(=O)N[C@@H]([C@H](C)c3ccccc3)C(=O)N[C@H](C[C@@H]3C[C@H]3N([O-])O)C(=O)N[C@@H](Cc3ccccc3)C(=O)NC([C@@H](C)CC)C(=O)N2C1. The van der Waals surface area contributed by atoms with Crippen LogP contribution in [0.5, 0.6) is 0 Å². The van der Waals surface area contributed by atoms with Gasteiger partial charge in [0.1, 0.15) is 59.2 Å². The minimum absolute atomic E-state index is 0.0108. The van der Waals surface area contributed by atoms with Crippen LogP contribution in [0.15, 0.2) is 84.9 Å². The fraction of sp³-hybridized carbons (Fsp3) is 0.519. The summed E-state index contributed by atoms with van der Waals surface area (Å²) < 4.78 is 6.44. The lowest BCUT2D eigenvalue weighted by Crippen LogP contribution is -2.62. The number of hydrogen-bond acceptors (Lipinski definition) is 16. The number of nitrogens with zero attached hydrogens (tertiary/aromatic N) is 4. The Morgan fingerprint density at radius 2 is 1.43 bits per heavy atom. The van der Waals surface area contributed by atoms with Gasteiger partial charge in [0, 0.05) is 31.0 Å². The van der Waals surface area contributed by atoms with Gasteiger partial charge >= 0.3 is 5.97 Å². The van der Waals surface area contributed by atoms with Crippen LogP contribution in [0.1, 0.15) is 101 Å². The van der Waals surface area contributed by atoms with Crippen molar-refractivity contribution in [2.24, 2.45) is 23.7 Å². The molecule has 2 saturated carbocycles. The van der Waals surface area contributed by atoms with Crippen LogP contribution in [0.25, 0.3) is 0 Å². The largest absolute Gasteiger partial charge is 0.762 e. The summed E-state index contributed by atoms with van der Waals surface area (Å²) in [5.41, 5.74) is 0.758. The molecular formula is C54H69ClN10O14-2. The van der Waals surface area contributed by atoms with E-state index in [-0.39, 0.29) is 66.6 Å². The first kappa shape index (κ1) is 59.7. The Bertz CT molecular complexity index is 2710. The highest BCUT2D eigenvalue weighted by molar-refractivity contribution is 6.30. The summed E-state index contributed by atoms with van der Waals surface area (Å²) in [5, 5.41) is 69.3. The Labute approximate surface area is 461 Å². The van der Waals surface area contributed by atoms with Gasteiger partial charge in [0.2, 0.25) is 35.4 Å². The van der Waals surface area contributed by atoms with Crippen molar-refractivity contribution in [1.82, 2.24) is 52.0 Å². The number of aromatic nitrogens is 1. The Morgan fingerprint density at radius 3 is 2.03 bits per heavy atom. The molecule has 0 spiro atoms. The van der Waals surface area contributed by atoms with E-state index < -0.39 is 137 Å². The fourth-order valence-electron chi connectivity index (χ4n) is 10.4. The zero-order valence-electron chi connectivity index (χ0n) is 44.4. The number of halogens is 1. The van der Waals surface area contributed by atoms with Crippen molar-refractivity contribution < 1.29 is 58.7 Å². The number of esters is 1. The number of ether oxygens (including phenoxy) is 1. The summed E-state index contributed by atoms with van der Waals surface area (Å²) in [4.78, 5) is 119. The van der Waals surface area contributed by atoms with Crippen LogP contribution < -0.4 is 31.9 Å². The van der Waals surface area contributed by atoms with Gasteiger partial charge in [-0.25, -0.2) is 4.79 Å². The molecule has 15 atom stereocenters. The molecular weight excluding hydrogens is 1050 g/mol. The van der Waals surface area contributed by atoms with Crippen molar-refractivity contribution in [2.45, 2.75) is 146 Å². The van der Waals surface area contributed by atoms with Crippen LogP contribution in [0.3, 0.4) is 0 Å². The lowest BCUT2D eigenvalue weighted by Gasteiger charge is -2.33. The molecule has 7 rings (SSSR count). The van der Waals surface area contributed by atoms with Gasteiger partial charge < -0.3 is 67.6 Å². The van der Waals surface area contributed by atoms with Gasteiger partial charge in [0.05, 0.1) is 0 Å². The lowest BCUT2D eigenvalue weighted by atomic mass is 9.91. The van der Waals surface area contributed by atoms with Crippen LogP contribution in [0.2, 0.25) is 5.15 Å². The number of carbonyl (C=O) groups is 8. The van der Waals surface area contributed by atoms with Crippen molar-refractivity contribution in [3.8, 4) is 0 Å². The number of amides is 7. The maximum absolute atomic E-state index is 15.2. The summed E-state index contributed by atoms with van der Waals surface area (Å²) in [7, 11) is 0. The Hall–Kier alpha value is -6.93. The highest BCUT2D eigenvalue weighted by Crippen LogP contribution is 2.39. The number of allylic oxidation sites excluding steroid dienone is 1. The van der Waals surface area contributed by atoms with E-state index in [2.05, 4.69) is 31.9 Å². The van der Waals surface area contributed by atoms with Crippen LogP contribution in [-0.4, -0.2) is 150 Å². The molecule has 24 nitrogen and oxygen atoms in total. The van der Waals surface area contributed by atoms with Crippen LogP contribution >= 0.6 is 11.6 Å². The molecule has 2 aromatic carbocycles. The molecule has 2 aliphatic carbocycles. The number of hydroxylamine groups is 4. The van der Waals surface area contributed by atoms with E-state index in [1.165, 1.54) is 24.0 Å². The number of rotatable bonds is 17. The van der Waals surface area contributed by atoms with Gasteiger partial charge in [-0.05, 0) is 92.9 Å². The average Bonchev–Trinajstić information content (AvgIpc) is 4.35. The van der Waals surface area contributed by atoms with Crippen molar-refractivity contribution >= 4 is 58.9 Å². The number of carbonyl (C=O) groups excluding carboxylic acids is 8. The molecule has 25 heteroatoms. The molecule has 428 valence electrons. The van der Waals surface area contributed by atoms with Crippen molar-refractivity contribution in [1.29, 1.82) is 0 Å². The van der Waals surface area contributed by atoms with E-state index in [1.807, 2.05) is 13.0 Å². The summed E-state index contributed by atoms with van der Waals surface area (Å²) >= 11 is 5.99. The summed E-state index contributed by atoms with van der Waals surface area (Å²) in [6.07, 6.45) is 2.06. The smallest absolute Gasteiger partial charge is 0.329 e. The third-order valence-electron chi connectivity index (χ3n) is 15.5. The first-order chi connectivity index (χ1) is 37.6. The topological polar surface area (TPSA) is 339 Å². The quantitative estimate of drug-likeness (QED) is 0.0406. The Balaban J connectivity index is 1.32. The first-order valence-electron chi connectivity index (χ1n) is 26.5. The van der Waals surface area contributed by atoms with E-state index >= 15 is 14.4 Å². The predicted molar refractivity (Wildman–Crippen MR) is 283 cm³/mol. The minimum Gasteiger partial charge on any atom is -0.762 e. The molecule has 4 fully saturated rings. The molecule has 3 heterocycles. The molecule has 2 aliphatic heterocycles. The van der Waals surface area contributed by atoms with E-state index in [1.54, 1.807) is 87.5 Å². The third kappa shape index (κ3) is 14.9. The number of nitrogens with one attached hydrogen (secondary N) is 6. The van der Waals surface area contributed by atoms with E-state index in [9.17, 15) is 50.0 Å². The summed E-state index contributed by atoms with van der Waals surface area (Å²) in [6, 6.07) is 7.19. The van der Waals surface area contributed by atoms with Gasteiger partial charge in [-0.2, -0.15) is 4.73 Å². The third-order valence-corrected chi connectivity index (χ3v) is 15.8. The Morgan fingerprint density at radius 1 is 0.823 bits per heavy atom. The maximum atomic E-state index is 15.2. The van der Waals surface area contributed by atoms with E-state index in [0.717, 1.165) is 0 Å². The molecule has 7 amide bonds. The first-order valence-corrected chi connectivity index (χ1v) is 26.9. The molecule has 79 heavy (non-hydrogen) atoms. The normalized spacial score (nSPS) is 29.2. The van der Waals surface area contributed by atoms with Gasteiger partial charge in [-0.15, -0.1) is 0 Å². The molecule has 1 unspecified atom stereocenters.